The Kier molecular flexibility index (Phi) is 6.41. The number of hydrogen-bond donors (Lipinski definition) is 1. The van der Waals surface area contributed by atoms with E-state index in [9.17, 15) is 14.4 Å². The predicted octanol–water partition coefficient (Wildman–Crippen LogP) is 4.12. The molecule has 0 bridgehead atoms. The second kappa shape index (κ2) is 8.98. The fourth-order valence-corrected chi connectivity index (χ4v) is 2.97. The zero-order valence-corrected chi connectivity index (χ0v) is 16.7. The van der Waals surface area contributed by atoms with Gasteiger partial charge in [-0.3, -0.25) is 9.59 Å². The number of fused-ring (bicyclic) bond motifs is 1. The molecule has 1 amide bonds. The van der Waals surface area contributed by atoms with E-state index in [1.54, 1.807) is 18.2 Å². The lowest BCUT2D eigenvalue weighted by atomic mass is 10.1. The number of ketones is 1. The summed E-state index contributed by atoms with van der Waals surface area (Å²) in [5.74, 6) is -0.782. The predicted molar refractivity (Wildman–Crippen MR) is 108 cm³/mol. The molecule has 9 heteroatoms. The number of Topliss-reactive ketones (excluding diaryl/α,β-unsaturated/α-hetero) is 1. The summed E-state index contributed by atoms with van der Waals surface area (Å²) in [6, 6.07) is 7.79. The highest BCUT2D eigenvalue weighted by Crippen LogP contribution is 2.37. The van der Waals surface area contributed by atoms with Crippen LogP contribution in [0.25, 0.3) is 6.08 Å². The van der Waals surface area contributed by atoms with Crippen LogP contribution in [0.4, 0.5) is 5.69 Å². The van der Waals surface area contributed by atoms with Crippen LogP contribution in [0, 0.1) is 0 Å². The van der Waals surface area contributed by atoms with E-state index >= 15 is 0 Å². The smallest absolute Gasteiger partial charge is 0.331 e. The molecule has 1 N–H and O–H groups in total. The summed E-state index contributed by atoms with van der Waals surface area (Å²) in [7, 11) is 0. The zero-order chi connectivity index (χ0) is 21.0. The van der Waals surface area contributed by atoms with Crippen molar-refractivity contribution >= 4 is 52.6 Å². The van der Waals surface area contributed by atoms with Crippen LogP contribution in [0.15, 0.2) is 36.4 Å². The molecule has 2 aromatic rings. The Bertz CT molecular complexity index is 1020. The molecule has 0 aromatic heterocycles. The third-order valence-electron chi connectivity index (χ3n) is 3.87. The lowest BCUT2D eigenvalue weighted by Gasteiger charge is -2.10. The fraction of sp³-hybridized carbons (Fsp3) is 0.150. The van der Waals surface area contributed by atoms with Gasteiger partial charge in [0.25, 0.3) is 5.91 Å². The zero-order valence-electron chi connectivity index (χ0n) is 15.2. The van der Waals surface area contributed by atoms with Gasteiger partial charge in [0.1, 0.15) is 0 Å². The molecule has 0 aliphatic carbocycles. The number of carbonyl (C=O) groups excluding carboxylic acids is 3. The van der Waals surface area contributed by atoms with Gasteiger partial charge in [0.2, 0.25) is 6.79 Å². The first kappa shape index (κ1) is 20.7. The Balaban J connectivity index is 1.59. The number of anilines is 1. The quantitative estimate of drug-likeness (QED) is 0.416. The lowest BCUT2D eigenvalue weighted by molar-refractivity contribution is -0.142. The number of amides is 1. The molecule has 0 radical (unpaired) electrons. The molecule has 7 nitrogen and oxygen atoms in total. The summed E-state index contributed by atoms with van der Waals surface area (Å²) in [5, 5.41) is 3.38. The third-order valence-corrected chi connectivity index (χ3v) is 4.44. The highest BCUT2D eigenvalue weighted by atomic mass is 35.5. The molecule has 0 unspecified atom stereocenters. The second-order valence-corrected chi connectivity index (χ2v) is 6.81. The number of halogens is 2. The molecule has 1 heterocycles. The standard InChI is InChI=1S/C20H15Cl2NO6/c1-11(24)14-7-17-18(29-10-28-17)8-16(14)23-19(25)9-27-20(26)5-3-12-2-4-13(21)6-15(12)22/h2-8H,9-10H2,1H3,(H,23,25)/b5-3+. The topological polar surface area (TPSA) is 90.9 Å². The maximum atomic E-state index is 12.1. The summed E-state index contributed by atoms with van der Waals surface area (Å²) in [6.45, 7) is 0.856. The van der Waals surface area contributed by atoms with E-state index in [4.69, 9.17) is 37.4 Å². The lowest BCUT2D eigenvalue weighted by Crippen LogP contribution is -2.21. The normalized spacial score (nSPS) is 12.1. The van der Waals surface area contributed by atoms with Crippen molar-refractivity contribution in [1.29, 1.82) is 0 Å². The first-order valence-electron chi connectivity index (χ1n) is 8.38. The molecule has 2 aromatic carbocycles. The van der Waals surface area contributed by atoms with Gasteiger partial charge in [-0.2, -0.15) is 0 Å². The Morgan fingerprint density at radius 3 is 2.55 bits per heavy atom. The summed E-state index contributed by atoms with van der Waals surface area (Å²) in [6.07, 6.45) is 2.59. The summed E-state index contributed by atoms with van der Waals surface area (Å²) in [5.41, 5.74) is 1.07. The van der Waals surface area contributed by atoms with Crippen LogP contribution in [0.2, 0.25) is 10.0 Å². The van der Waals surface area contributed by atoms with E-state index < -0.39 is 18.5 Å². The molecule has 0 saturated carbocycles. The minimum Gasteiger partial charge on any atom is -0.454 e. The number of rotatable bonds is 6. The number of nitrogens with one attached hydrogen (secondary N) is 1. The van der Waals surface area contributed by atoms with E-state index in [1.165, 1.54) is 25.1 Å². The van der Waals surface area contributed by atoms with Gasteiger partial charge in [-0.25, -0.2) is 4.79 Å². The fourth-order valence-electron chi connectivity index (χ4n) is 2.50. The molecule has 1 aliphatic rings. The molecule has 150 valence electrons. The first-order valence-corrected chi connectivity index (χ1v) is 9.13. The molecule has 3 rings (SSSR count). The van der Waals surface area contributed by atoms with E-state index in [0.29, 0.717) is 27.1 Å². The highest BCUT2D eigenvalue weighted by Gasteiger charge is 2.20. The van der Waals surface area contributed by atoms with Crippen molar-refractivity contribution in [2.45, 2.75) is 6.92 Å². The van der Waals surface area contributed by atoms with Crippen molar-refractivity contribution in [1.82, 2.24) is 0 Å². The van der Waals surface area contributed by atoms with Gasteiger partial charge >= 0.3 is 5.97 Å². The largest absolute Gasteiger partial charge is 0.454 e. The number of hydrogen-bond acceptors (Lipinski definition) is 6. The van der Waals surface area contributed by atoms with Crippen LogP contribution in [-0.4, -0.2) is 31.1 Å². The number of esters is 1. The maximum absolute atomic E-state index is 12.1. The molecule has 29 heavy (non-hydrogen) atoms. The molecule has 0 saturated heterocycles. The Hall–Kier alpha value is -3.03. The van der Waals surface area contributed by atoms with Crippen LogP contribution in [0.5, 0.6) is 11.5 Å². The van der Waals surface area contributed by atoms with Crippen LogP contribution < -0.4 is 14.8 Å². The van der Waals surface area contributed by atoms with Gasteiger partial charge in [-0.1, -0.05) is 29.3 Å². The van der Waals surface area contributed by atoms with Crippen molar-refractivity contribution in [3.63, 3.8) is 0 Å². The summed E-state index contributed by atoms with van der Waals surface area (Å²) >= 11 is 11.8. The van der Waals surface area contributed by atoms with Gasteiger partial charge in [0.15, 0.2) is 23.9 Å². The SMILES string of the molecule is CC(=O)c1cc2c(cc1NC(=O)COC(=O)/C=C/c1ccc(Cl)cc1Cl)OCO2. The van der Waals surface area contributed by atoms with Gasteiger partial charge in [-0.15, -0.1) is 0 Å². The Morgan fingerprint density at radius 2 is 1.86 bits per heavy atom. The minimum absolute atomic E-state index is 0.0334. The van der Waals surface area contributed by atoms with Crippen LogP contribution in [-0.2, 0) is 14.3 Å². The maximum Gasteiger partial charge on any atom is 0.331 e. The van der Waals surface area contributed by atoms with E-state index in [-0.39, 0.29) is 23.8 Å². The Morgan fingerprint density at radius 1 is 1.14 bits per heavy atom. The monoisotopic (exact) mass is 435 g/mol. The number of carbonyl (C=O) groups is 3. The van der Waals surface area contributed by atoms with Crippen LogP contribution in [0.3, 0.4) is 0 Å². The van der Waals surface area contributed by atoms with E-state index in [0.717, 1.165) is 6.08 Å². The first-order chi connectivity index (χ1) is 13.8. The summed E-state index contributed by atoms with van der Waals surface area (Å²) < 4.78 is 15.4. The van der Waals surface area contributed by atoms with Gasteiger partial charge in [-0.05, 0) is 36.8 Å². The highest BCUT2D eigenvalue weighted by molar-refractivity contribution is 6.35. The molecule has 1 aliphatic heterocycles. The average Bonchev–Trinajstić information content (AvgIpc) is 3.12. The third kappa shape index (κ3) is 5.28. The van der Waals surface area contributed by atoms with Gasteiger partial charge in [0.05, 0.1) is 5.69 Å². The van der Waals surface area contributed by atoms with Crippen LogP contribution in [0.1, 0.15) is 22.8 Å². The van der Waals surface area contributed by atoms with Crippen molar-refractivity contribution in [3.05, 3.63) is 57.6 Å². The molecule has 0 spiro atoms. The van der Waals surface area contributed by atoms with Crippen LogP contribution >= 0.6 is 23.2 Å². The van der Waals surface area contributed by atoms with Crippen molar-refractivity contribution in [2.24, 2.45) is 0 Å². The molecule has 0 fully saturated rings. The van der Waals surface area contributed by atoms with Gasteiger partial charge in [0, 0.05) is 27.8 Å². The van der Waals surface area contributed by atoms with Gasteiger partial charge < -0.3 is 19.5 Å². The van der Waals surface area contributed by atoms with E-state index in [1.807, 2.05) is 0 Å². The minimum atomic E-state index is -0.733. The van der Waals surface area contributed by atoms with Crippen molar-refractivity contribution < 1.29 is 28.6 Å². The van der Waals surface area contributed by atoms with Crippen molar-refractivity contribution in [2.75, 3.05) is 18.7 Å². The van der Waals surface area contributed by atoms with E-state index in [2.05, 4.69) is 5.32 Å². The van der Waals surface area contributed by atoms with Crippen molar-refractivity contribution in [3.8, 4) is 11.5 Å². The summed E-state index contributed by atoms with van der Waals surface area (Å²) in [4.78, 5) is 35.8. The Labute approximate surface area is 176 Å². The average molecular weight is 436 g/mol. The molecular formula is C20H15Cl2NO6. The molecule has 0 atom stereocenters. The number of benzene rings is 2. The number of ether oxygens (including phenoxy) is 3. The molecular weight excluding hydrogens is 421 g/mol. The second-order valence-electron chi connectivity index (χ2n) is 5.96.